The summed E-state index contributed by atoms with van der Waals surface area (Å²) in [5, 5.41) is 11.2. The first kappa shape index (κ1) is 13.3. The van der Waals surface area contributed by atoms with Crippen LogP contribution in [0.1, 0.15) is 23.5 Å². The molecule has 5 heteroatoms. The number of hydrogen-bond donors (Lipinski definition) is 2. The summed E-state index contributed by atoms with van der Waals surface area (Å²) in [6, 6.07) is 4.14. The van der Waals surface area contributed by atoms with Gasteiger partial charge in [-0.1, -0.05) is 0 Å². The van der Waals surface area contributed by atoms with Crippen LogP contribution in [0.3, 0.4) is 0 Å². The monoisotopic (exact) mass is 269 g/mol. The molecule has 1 aliphatic rings. The Kier molecular flexibility index (Phi) is 3.88. The number of piperidine rings is 1. The van der Waals surface area contributed by atoms with Crippen molar-refractivity contribution in [2.45, 2.75) is 25.4 Å². The molecule has 18 heavy (non-hydrogen) atoms. The van der Waals surface area contributed by atoms with Gasteiger partial charge in [0.1, 0.15) is 6.17 Å². The zero-order chi connectivity index (χ0) is 11.8. The fourth-order valence-electron chi connectivity index (χ4n) is 2.69. The number of hydrogen-bond acceptors (Lipinski definition) is 2. The van der Waals surface area contributed by atoms with Crippen LogP contribution in [0.5, 0.6) is 0 Å². The molecule has 0 radical (unpaired) electrons. The summed E-state index contributed by atoms with van der Waals surface area (Å²) >= 11 is 0. The van der Waals surface area contributed by atoms with Crippen LogP contribution in [-0.4, -0.2) is 29.5 Å². The lowest BCUT2D eigenvalue weighted by atomic mass is 9.85. The molecule has 1 aliphatic heterocycles. The fourth-order valence-corrected chi connectivity index (χ4v) is 2.69. The Morgan fingerprint density at radius 3 is 3.00 bits per heavy atom. The largest absolute Gasteiger partial charge is 0.314 e. The van der Waals surface area contributed by atoms with Crippen molar-refractivity contribution in [1.29, 1.82) is 0 Å². The minimum Gasteiger partial charge on any atom is -0.314 e. The highest BCUT2D eigenvalue weighted by Crippen LogP contribution is 2.32. The van der Waals surface area contributed by atoms with Gasteiger partial charge in [-0.3, -0.25) is 5.10 Å². The van der Waals surface area contributed by atoms with Gasteiger partial charge in [-0.05, 0) is 43.1 Å². The molecule has 1 aromatic heterocycles. The SMILES string of the molecule is Cc1cc2cn[nH]c2cc1C1CCNCC1F.Cl. The Balaban J connectivity index is 0.00000120. The summed E-state index contributed by atoms with van der Waals surface area (Å²) in [4.78, 5) is 0. The molecule has 2 N–H and O–H groups in total. The van der Waals surface area contributed by atoms with Crippen LogP contribution in [0.15, 0.2) is 18.3 Å². The summed E-state index contributed by atoms with van der Waals surface area (Å²) in [6.07, 6.45) is 1.88. The standard InChI is InChI=1S/C13H16FN3.ClH/c1-8-4-9-6-16-17-13(9)5-11(8)10-2-3-15-7-12(10)14;/h4-6,10,12,15H,2-3,7H2,1H3,(H,16,17);1H. The summed E-state index contributed by atoms with van der Waals surface area (Å²) in [5.41, 5.74) is 3.28. The predicted octanol–water partition coefficient (Wildman–Crippen LogP) is 2.71. The van der Waals surface area contributed by atoms with Gasteiger partial charge in [0.15, 0.2) is 0 Å². The van der Waals surface area contributed by atoms with Gasteiger partial charge in [0.2, 0.25) is 0 Å². The molecule has 1 saturated heterocycles. The molecule has 98 valence electrons. The number of aryl methyl sites for hydroxylation is 1. The highest BCUT2D eigenvalue weighted by atomic mass is 35.5. The number of nitrogens with zero attached hydrogens (tertiary/aromatic N) is 1. The van der Waals surface area contributed by atoms with Crippen molar-refractivity contribution >= 4 is 23.3 Å². The average Bonchev–Trinajstić information content (AvgIpc) is 2.76. The Morgan fingerprint density at radius 2 is 2.22 bits per heavy atom. The van der Waals surface area contributed by atoms with Gasteiger partial charge in [0.05, 0.1) is 11.7 Å². The molecule has 3 rings (SSSR count). The van der Waals surface area contributed by atoms with E-state index in [4.69, 9.17) is 0 Å². The van der Waals surface area contributed by atoms with Gasteiger partial charge in [-0.2, -0.15) is 5.10 Å². The van der Waals surface area contributed by atoms with Gasteiger partial charge in [0, 0.05) is 17.8 Å². The Morgan fingerprint density at radius 1 is 1.39 bits per heavy atom. The van der Waals surface area contributed by atoms with Crippen molar-refractivity contribution in [3.63, 3.8) is 0 Å². The number of benzene rings is 1. The Labute approximate surface area is 112 Å². The van der Waals surface area contributed by atoms with E-state index in [1.54, 1.807) is 0 Å². The molecule has 2 unspecified atom stereocenters. The second-order valence-electron chi connectivity index (χ2n) is 4.78. The maximum atomic E-state index is 14.0. The second-order valence-corrected chi connectivity index (χ2v) is 4.78. The van der Waals surface area contributed by atoms with Gasteiger partial charge in [-0.15, -0.1) is 12.4 Å². The molecule has 0 aliphatic carbocycles. The van der Waals surface area contributed by atoms with Crippen LogP contribution in [0.25, 0.3) is 10.9 Å². The van der Waals surface area contributed by atoms with E-state index in [1.165, 1.54) is 0 Å². The van der Waals surface area contributed by atoms with E-state index in [1.807, 2.05) is 6.20 Å². The fraction of sp³-hybridized carbons (Fsp3) is 0.462. The van der Waals surface area contributed by atoms with Crippen molar-refractivity contribution in [1.82, 2.24) is 15.5 Å². The van der Waals surface area contributed by atoms with Gasteiger partial charge in [0.25, 0.3) is 0 Å². The molecule has 0 saturated carbocycles. The number of H-pyrrole nitrogens is 1. The summed E-state index contributed by atoms with van der Waals surface area (Å²) < 4.78 is 14.0. The van der Waals surface area contributed by atoms with E-state index in [0.29, 0.717) is 6.54 Å². The van der Waals surface area contributed by atoms with Crippen molar-refractivity contribution in [3.05, 3.63) is 29.5 Å². The molecule has 1 fully saturated rings. The van der Waals surface area contributed by atoms with Crippen LogP contribution >= 0.6 is 12.4 Å². The zero-order valence-corrected chi connectivity index (χ0v) is 11.1. The van der Waals surface area contributed by atoms with E-state index in [0.717, 1.165) is 35.0 Å². The van der Waals surface area contributed by atoms with Crippen molar-refractivity contribution in [2.24, 2.45) is 0 Å². The number of nitrogens with one attached hydrogen (secondary N) is 2. The van der Waals surface area contributed by atoms with E-state index in [9.17, 15) is 4.39 Å². The van der Waals surface area contributed by atoms with Crippen molar-refractivity contribution in [2.75, 3.05) is 13.1 Å². The topological polar surface area (TPSA) is 40.7 Å². The number of halogens is 2. The van der Waals surface area contributed by atoms with E-state index < -0.39 is 6.17 Å². The lowest BCUT2D eigenvalue weighted by Crippen LogP contribution is -2.36. The summed E-state index contributed by atoms with van der Waals surface area (Å²) in [6.45, 7) is 3.41. The van der Waals surface area contributed by atoms with Gasteiger partial charge < -0.3 is 5.32 Å². The summed E-state index contributed by atoms with van der Waals surface area (Å²) in [5.74, 6) is 0.0175. The van der Waals surface area contributed by atoms with Crippen molar-refractivity contribution < 1.29 is 4.39 Å². The predicted molar refractivity (Wildman–Crippen MR) is 73.2 cm³/mol. The van der Waals surface area contributed by atoms with E-state index in [-0.39, 0.29) is 18.3 Å². The first-order valence-corrected chi connectivity index (χ1v) is 6.04. The van der Waals surface area contributed by atoms with Crippen LogP contribution in [0, 0.1) is 6.92 Å². The van der Waals surface area contributed by atoms with E-state index in [2.05, 4.69) is 34.6 Å². The normalized spacial score (nSPS) is 23.9. The number of fused-ring (bicyclic) bond motifs is 1. The molecule has 0 spiro atoms. The summed E-state index contributed by atoms with van der Waals surface area (Å²) in [7, 11) is 0. The highest BCUT2D eigenvalue weighted by Gasteiger charge is 2.27. The molecule has 0 amide bonds. The Bertz CT molecular complexity index is 540. The second kappa shape index (κ2) is 5.24. The van der Waals surface area contributed by atoms with Crippen LogP contribution in [0.4, 0.5) is 4.39 Å². The average molecular weight is 270 g/mol. The molecule has 2 aromatic rings. The minimum atomic E-state index is -0.789. The zero-order valence-electron chi connectivity index (χ0n) is 10.2. The number of aromatic amines is 1. The van der Waals surface area contributed by atoms with Gasteiger partial charge in [-0.25, -0.2) is 4.39 Å². The van der Waals surface area contributed by atoms with Gasteiger partial charge >= 0.3 is 0 Å². The molecule has 2 heterocycles. The third-order valence-electron chi connectivity index (χ3n) is 3.63. The maximum Gasteiger partial charge on any atom is 0.119 e. The van der Waals surface area contributed by atoms with E-state index >= 15 is 0 Å². The first-order valence-electron chi connectivity index (χ1n) is 6.04. The molecule has 0 bridgehead atoms. The third-order valence-corrected chi connectivity index (χ3v) is 3.63. The third kappa shape index (κ3) is 2.22. The molecule has 1 aromatic carbocycles. The molecular formula is C13H17ClFN3. The molecule has 2 atom stereocenters. The highest BCUT2D eigenvalue weighted by molar-refractivity contribution is 5.85. The quantitative estimate of drug-likeness (QED) is 0.836. The lowest BCUT2D eigenvalue weighted by Gasteiger charge is -2.28. The van der Waals surface area contributed by atoms with Crippen LogP contribution < -0.4 is 5.32 Å². The maximum absolute atomic E-state index is 14.0. The van der Waals surface area contributed by atoms with Crippen LogP contribution in [-0.2, 0) is 0 Å². The minimum absolute atomic E-state index is 0. The lowest BCUT2D eigenvalue weighted by molar-refractivity contribution is 0.231. The Hall–Kier alpha value is -1.13. The molecule has 3 nitrogen and oxygen atoms in total. The van der Waals surface area contributed by atoms with Crippen LogP contribution in [0.2, 0.25) is 0 Å². The number of alkyl halides is 1. The molecular weight excluding hydrogens is 253 g/mol. The number of aromatic nitrogens is 2. The number of rotatable bonds is 1. The van der Waals surface area contributed by atoms with Crippen molar-refractivity contribution in [3.8, 4) is 0 Å². The first-order chi connectivity index (χ1) is 8.25. The smallest absolute Gasteiger partial charge is 0.119 e.